The molecule has 0 aromatic heterocycles. The Bertz CT molecular complexity index is 697. The van der Waals surface area contributed by atoms with Crippen LogP contribution in [0.3, 0.4) is 0 Å². The Balaban J connectivity index is 1.64. The second-order valence-electron chi connectivity index (χ2n) is 5.57. The predicted molar refractivity (Wildman–Crippen MR) is 117 cm³/mol. The van der Waals surface area contributed by atoms with E-state index in [4.69, 9.17) is 20.0 Å². The van der Waals surface area contributed by atoms with E-state index in [1.807, 2.05) is 48.5 Å². The molecule has 134 valence electrons. The number of halogens is 2. The van der Waals surface area contributed by atoms with Gasteiger partial charge in [-0.05, 0) is 22.3 Å². The molecule has 0 saturated carbocycles. The SMILES string of the molecule is N#CC(I)c1ccc(COCCOCc2ccc(C(I)C#N)cc2)cc1. The summed E-state index contributed by atoms with van der Waals surface area (Å²) in [6, 6.07) is 20.2. The Morgan fingerprint density at radius 3 is 1.35 bits per heavy atom. The van der Waals surface area contributed by atoms with Crippen LogP contribution in [0.25, 0.3) is 0 Å². The first-order valence-corrected chi connectivity index (χ1v) is 10.5. The van der Waals surface area contributed by atoms with Crippen LogP contribution in [-0.4, -0.2) is 13.2 Å². The van der Waals surface area contributed by atoms with Crippen molar-refractivity contribution < 1.29 is 9.47 Å². The molecule has 0 spiro atoms. The van der Waals surface area contributed by atoms with Crippen LogP contribution < -0.4 is 0 Å². The lowest BCUT2D eigenvalue weighted by molar-refractivity contribution is 0.0339. The summed E-state index contributed by atoms with van der Waals surface area (Å²) in [7, 11) is 0. The van der Waals surface area contributed by atoms with Crippen LogP contribution >= 0.6 is 45.2 Å². The summed E-state index contributed by atoms with van der Waals surface area (Å²) in [4.78, 5) is 0. The summed E-state index contributed by atoms with van der Waals surface area (Å²) < 4.78 is 11.0. The van der Waals surface area contributed by atoms with Gasteiger partial charge in [-0.15, -0.1) is 0 Å². The van der Waals surface area contributed by atoms with E-state index in [-0.39, 0.29) is 7.85 Å². The summed E-state index contributed by atoms with van der Waals surface area (Å²) in [5.74, 6) is 0. The normalized spacial score (nSPS) is 12.8. The number of alkyl halides is 2. The summed E-state index contributed by atoms with van der Waals surface area (Å²) in [6.45, 7) is 2.11. The second-order valence-corrected chi connectivity index (χ2v) is 8.06. The molecule has 0 heterocycles. The number of rotatable bonds is 9. The van der Waals surface area contributed by atoms with Crippen molar-refractivity contribution in [3.63, 3.8) is 0 Å². The van der Waals surface area contributed by atoms with Gasteiger partial charge in [0, 0.05) is 0 Å². The smallest absolute Gasteiger partial charge is 0.123 e. The van der Waals surface area contributed by atoms with Gasteiger partial charge in [0.15, 0.2) is 0 Å². The van der Waals surface area contributed by atoms with E-state index in [0.717, 1.165) is 22.3 Å². The van der Waals surface area contributed by atoms with Crippen LogP contribution in [0.2, 0.25) is 0 Å². The van der Waals surface area contributed by atoms with Crippen LogP contribution in [-0.2, 0) is 22.7 Å². The molecule has 2 aromatic rings. The van der Waals surface area contributed by atoms with Gasteiger partial charge < -0.3 is 9.47 Å². The lowest BCUT2D eigenvalue weighted by Crippen LogP contribution is -2.04. The van der Waals surface area contributed by atoms with E-state index in [2.05, 4.69) is 57.3 Å². The highest BCUT2D eigenvalue weighted by Gasteiger charge is 2.05. The Morgan fingerprint density at radius 2 is 1.04 bits per heavy atom. The first-order valence-electron chi connectivity index (χ1n) is 8.04. The maximum atomic E-state index is 8.90. The van der Waals surface area contributed by atoms with Gasteiger partial charge in [0.1, 0.15) is 7.85 Å². The van der Waals surface area contributed by atoms with E-state index in [9.17, 15) is 0 Å². The molecule has 2 aromatic carbocycles. The molecule has 26 heavy (non-hydrogen) atoms. The third kappa shape index (κ3) is 6.84. The molecule has 0 aliphatic heterocycles. The molecule has 6 heteroatoms. The van der Waals surface area contributed by atoms with Gasteiger partial charge in [-0.3, -0.25) is 0 Å². The molecule has 0 radical (unpaired) electrons. The maximum Gasteiger partial charge on any atom is 0.123 e. The minimum Gasteiger partial charge on any atom is -0.374 e. The van der Waals surface area contributed by atoms with Gasteiger partial charge in [0.2, 0.25) is 0 Å². The van der Waals surface area contributed by atoms with Gasteiger partial charge >= 0.3 is 0 Å². The second kappa shape index (κ2) is 11.5. The third-order valence-electron chi connectivity index (χ3n) is 3.68. The Morgan fingerprint density at radius 1 is 0.692 bits per heavy atom. The van der Waals surface area contributed by atoms with Gasteiger partial charge in [-0.1, -0.05) is 93.7 Å². The van der Waals surface area contributed by atoms with E-state index >= 15 is 0 Å². The molecule has 0 bridgehead atoms. The van der Waals surface area contributed by atoms with Gasteiger partial charge in [0.05, 0.1) is 38.6 Å². The quantitative estimate of drug-likeness (QED) is 0.229. The Labute approximate surface area is 181 Å². The topological polar surface area (TPSA) is 66.0 Å². The largest absolute Gasteiger partial charge is 0.374 e. The predicted octanol–water partition coefficient (Wildman–Crippen LogP) is 5.42. The fourth-order valence-electron chi connectivity index (χ4n) is 2.21. The molecule has 0 saturated heterocycles. The molecule has 0 fully saturated rings. The fourth-order valence-corrected chi connectivity index (χ4v) is 3.04. The first kappa shape index (κ1) is 21.1. The van der Waals surface area contributed by atoms with E-state index in [1.54, 1.807) is 0 Å². The highest BCUT2D eigenvalue weighted by atomic mass is 127. The number of hydrogen-bond donors (Lipinski definition) is 0. The minimum absolute atomic E-state index is 0.118. The number of nitriles is 2. The number of ether oxygens (including phenoxy) is 2. The molecule has 4 nitrogen and oxygen atoms in total. The zero-order valence-corrected chi connectivity index (χ0v) is 18.4. The van der Waals surface area contributed by atoms with Crippen LogP contribution in [0.5, 0.6) is 0 Å². The molecular weight excluding hydrogens is 554 g/mol. The summed E-state index contributed by atoms with van der Waals surface area (Å²) in [5, 5.41) is 17.8. The molecule has 2 rings (SSSR count). The third-order valence-corrected chi connectivity index (χ3v) is 5.68. The van der Waals surface area contributed by atoms with Crippen molar-refractivity contribution in [2.75, 3.05) is 13.2 Å². The van der Waals surface area contributed by atoms with Crippen molar-refractivity contribution in [2.24, 2.45) is 0 Å². The van der Waals surface area contributed by atoms with Crippen molar-refractivity contribution in [3.8, 4) is 12.1 Å². The monoisotopic (exact) mass is 572 g/mol. The van der Waals surface area contributed by atoms with Crippen molar-refractivity contribution >= 4 is 45.2 Å². The molecular formula is C20H18I2N2O2. The highest BCUT2D eigenvalue weighted by Crippen LogP contribution is 2.23. The van der Waals surface area contributed by atoms with E-state index in [1.165, 1.54) is 0 Å². The van der Waals surface area contributed by atoms with Crippen LogP contribution in [0.4, 0.5) is 0 Å². The first-order chi connectivity index (χ1) is 12.6. The molecule has 0 amide bonds. The lowest BCUT2D eigenvalue weighted by Gasteiger charge is -2.08. The average Bonchev–Trinajstić information content (AvgIpc) is 2.70. The Hall–Kier alpha value is -1.20. The fraction of sp³-hybridized carbons (Fsp3) is 0.300. The van der Waals surface area contributed by atoms with E-state index in [0.29, 0.717) is 26.4 Å². The van der Waals surface area contributed by atoms with Crippen molar-refractivity contribution in [3.05, 3.63) is 70.8 Å². The number of nitrogens with zero attached hydrogens (tertiary/aromatic N) is 2. The van der Waals surface area contributed by atoms with Gasteiger partial charge in [-0.25, -0.2) is 0 Å². The number of hydrogen-bond acceptors (Lipinski definition) is 4. The van der Waals surface area contributed by atoms with Gasteiger partial charge in [0.25, 0.3) is 0 Å². The van der Waals surface area contributed by atoms with Crippen LogP contribution in [0.1, 0.15) is 30.1 Å². The molecule has 2 atom stereocenters. The van der Waals surface area contributed by atoms with Crippen LogP contribution in [0, 0.1) is 22.7 Å². The summed E-state index contributed by atoms with van der Waals surface area (Å²) in [5.41, 5.74) is 4.18. The summed E-state index contributed by atoms with van der Waals surface area (Å²) >= 11 is 4.23. The summed E-state index contributed by atoms with van der Waals surface area (Å²) in [6.07, 6.45) is 0. The minimum atomic E-state index is -0.118. The number of benzene rings is 2. The highest BCUT2D eigenvalue weighted by molar-refractivity contribution is 14.1. The van der Waals surface area contributed by atoms with Crippen LogP contribution in [0.15, 0.2) is 48.5 Å². The molecule has 0 aliphatic carbocycles. The zero-order valence-electron chi connectivity index (χ0n) is 14.1. The molecule has 0 aliphatic rings. The molecule has 0 N–H and O–H groups in total. The standard InChI is InChI=1S/C20H18I2N2O2/c21-19(11-23)17-5-1-15(2-6-17)13-25-9-10-26-14-16-3-7-18(8-4-16)20(22)12-24/h1-8,19-20H,9-10,13-14H2. The van der Waals surface area contributed by atoms with Gasteiger partial charge in [-0.2, -0.15) is 10.5 Å². The lowest BCUT2D eigenvalue weighted by atomic mass is 10.1. The van der Waals surface area contributed by atoms with Crippen molar-refractivity contribution in [1.82, 2.24) is 0 Å². The maximum absolute atomic E-state index is 8.90. The average molecular weight is 572 g/mol. The van der Waals surface area contributed by atoms with E-state index < -0.39 is 0 Å². The Kier molecular flexibility index (Phi) is 9.33. The van der Waals surface area contributed by atoms with Crippen molar-refractivity contribution in [1.29, 1.82) is 10.5 Å². The molecule has 2 unspecified atom stereocenters. The zero-order chi connectivity index (χ0) is 18.8. The van der Waals surface area contributed by atoms with Crippen molar-refractivity contribution in [2.45, 2.75) is 21.1 Å².